The first kappa shape index (κ1) is 9.40. The predicted molar refractivity (Wildman–Crippen MR) is 51.5 cm³/mol. The van der Waals surface area contributed by atoms with Gasteiger partial charge in [0.2, 0.25) is 11.7 Å². The van der Waals surface area contributed by atoms with Gasteiger partial charge in [0.05, 0.1) is 0 Å². The molecule has 0 radical (unpaired) electrons. The number of hydrogen-bond donors (Lipinski definition) is 0. The maximum Gasteiger partial charge on any atom is 0.250 e. The first-order valence-electron chi connectivity index (χ1n) is 4.82. The zero-order valence-corrected chi connectivity index (χ0v) is 8.32. The molecule has 1 saturated carbocycles. The Hall–Kier alpha value is -1.16. The van der Waals surface area contributed by atoms with Crippen LogP contribution in [0.4, 0.5) is 0 Å². The van der Waals surface area contributed by atoms with Gasteiger partial charge in [0.1, 0.15) is 5.60 Å². The van der Waals surface area contributed by atoms with Crippen molar-refractivity contribution in [3.05, 3.63) is 18.3 Å². The summed E-state index contributed by atoms with van der Waals surface area (Å²) in [6, 6.07) is 0. The highest BCUT2D eigenvalue weighted by Gasteiger charge is 2.39. The van der Waals surface area contributed by atoms with E-state index in [1.54, 1.807) is 13.2 Å². The molecular formula is C10H14N2O2. The fraction of sp³-hybridized carbons (Fsp3) is 0.600. The van der Waals surface area contributed by atoms with Crippen LogP contribution >= 0.6 is 0 Å². The normalized spacial score (nSPS) is 19.8. The lowest BCUT2D eigenvalue weighted by Crippen LogP contribution is -2.25. The van der Waals surface area contributed by atoms with Crippen LogP contribution < -0.4 is 0 Å². The van der Waals surface area contributed by atoms with E-state index in [2.05, 4.69) is 16.7 Å². The maximum atomic E-state index is 5.52. The largest absolute Gasteiger partial charge is 0.370 e. The quantitative estimate of drug-likeness (QED) is 0.739. The zero-order chi connectivity index (χ0) is 10.0. The number of hydrogen-bond acceptors (Lipinski definition) is 4. The van der Waals surface area contributed by atoms with E-state index in [1.165, 1.54) is 0 Å². The predicted octanol–water partition coefficient (Wildman–Crippen LogP) is 2.13. The van der Waals surface area contributed by atoms with Crippen molar-refractivity contribution in [2.75, 3.05) is 7.11 Å². The van der Waals surface area contributed by atoms with Gasteiger partial charge in [0.25, 0.3) is 0 Å². The third-order valence-corrected chi connectivity index (χ3v) is 2.83. The van der Waals surface area contributed by atoms with Crippen LogP contribution in [0.2, 0.25) is 0 Å². The van der Waals surface area contributed by atoms with Gasteiger partial charge in [-0.1, -0.05) is 11.7 Å². The number of nitrogens with zero attached hydrogens (tertiary/aromatic N) is 2. The minimum atomic E-state index is -0.315. The first-order chi connectivity index (χ1) is 6.80. The van der Waals surface area contributed by atoms with E-state index in [0.717, 1.165) is 25.7 Å². The van der Waals surface area contributed by atoms with E-state index in [9.17, 15) is 0 Å². The van der Waals surface area contributed by atoms with E-state index in [0.29, 0.717) is 11.7 Å². The van der Waals surface area contributed by atoms with Gasteiger partial charge >= 0.3 is 0 Å². The first-order valence-corrected chi connectivity index (χ1v) is 4.82. The Kier molecular flexibility index (Phi) is 2.37. The molecule has 0 N–H and O–H groups in total. The number of methoxy groups -OCH3 is 1. The van der Waals surface area contributed by atoms with Crippen LogP contribution in [0.15, 0.2) is 11.1 Å². The zero-order valence-electron chi connectivity index (χ0n) is 8.32. The Morgan fingerprint density at radius 1 is 1.50 bits per heavy atom. The Balaban J connectivity index is 2.30. The monoisotopic (exact) mass is 194 g/mol. The molecule has 1 fully saturated rings. The molecule has 1 heterocycles. The molecule has 0 atom stereocenters. The maximum absolute atomic E-state index is 5.52. The molecule has 1 aliphatic rings. The van der Waals surface area contributed by atoms with Crippen molar-refractivity contribution in [3.8, 4) is 0 Å². The molecule has 2 rings (SSSR count). The lowest BCUT2D eigenvalue weighted by molar-refractivity contribution is -0.0178. The summed E-state index contributed by atoms with van der Waals surface area (Å²) in [5, 5.41) is 3.93. The van der Waals surface area contributed by atoms with Crippen molar-refractivity contribution in [2.24, 2.45) is 0 Å². The summed E-state index contributed by atoms with van der Waals surface area (Å²) >= 11 is 0. The molecule has 76 valence electrons. The SMILES string of the molecule is C=Cc1nc(C2(OC)CCCC2)no1. The molecule has 4 nitrogen and oxygen atoms in total. The highest BCUT2D eigenvalue weighted by molar-refractivity contribution is 5.33. The lowest BCUT2D eigenvalue weighted by atomic mass is 10.0. The third kappa shape index (κ3) is 1.35. The Bertz CT molecular complexity index is 327. The second-order valence-electron chi connectivity index (χ2n) is 3.57. The molecule has 0 spiro atoms. The van der Waals surface area contributed by atoms with Crippen molar-refractivity contribution < 1.29 is 9.26 Å². The lowest BCUT2D eigenvalue weighted by Gasteiger charge is -2.22. The molecule has 1 aromatic rings. The minimum Gasteiger partial charge on any atom is -0.370 e. The second kappa shape index (κ2) is 3.53. The van der Waals surface area contributed by atoms with E-state index < -0.39 is 0 Å². The van der Waals surface area contributed by atoms with Crippen LogP contribution in [0, 0.1) is 0 Å². The summed E-state index contributed by atoms with van der Waals surface area (Å²) in [5.41, 5.74) is -0.315. The van der Waals surface area contributed by atoms with Crippen LogP contribution in [-0.2, 0) is 10.3 Å². The molecule has 1 aromatic heterocycles. The van der Waals surface area contributed by atoms with Gasteiger partial charge in [-0.2, -0.15) is 4.98 Å². The summed E-state index contributed by atoms with van der Waals surface area (Å²) in [6.45, 7) is 3.58. The van der Waals surface area contributed by atoms with Gasteiger partial charge in [-0.05, 0) is 31.8 Å². The molecule has 4 heteroatoms. The Morgan fingerprint density at radius 3 is 2.71 bits per heavy atom. The Morgan fingerprint density at radius 2 is 2.21 bits per heavy atom. The minimum absolute atomic E-state index is 0.315. The van der Waals surface area contributed by atoms with E-state index in [4.69, 9.17) is 9.26 Å². The van der Waals surface area contributed by atoms with Crippen molar-refractivity contribution in [1.29, 1.82) is 0 Å². The molecular weight excluding hydrogens is 180 g/mol. The summed E-state index contributed by atoms with van der Waals surface area (Å²) in [7, 11) is 1.70. The molecule has 0 aliphatic heterocycles. The van der Waals surface area contributed by atoms with Crippen molar-refractivity contribution in [1.82, 2.24) is 10.1 Å². The molecule has 0 saturated heterocycles. The highest BCUT2D eigenvalue weighted by atomic mass is 16.5. The van der Waals surface area contributed by atoms with Crippen molar-refractivity contribution in [2.45, 2.75) is 31.3 Å². The van der Waals surface area contributed by atoms with E-state index >= 15 is 0 Å². The standard InChI is InChI=1S/C10H14N2O2/c1-3-8-11-9(12-14-8)10(13-2)6-4-5-7-10/h3H,1,4-7H2,2H3. The smallest absolute Gasteiger partial charge is 0.250 e. The van der Waals surface area contributed by atoms with Gasteiger partial charge in [-0.3, -0.25) is 0 Å². The average Bonchev–Trinajstić information content (AvgIpc) is 2.87. The van der Waals surface area contributed by atoms with Crippen LogP contribution in [0.25, 0.3) is 6.08 Å². The molecule has 0 amide bonds. The number of rotatable bonds is 3. The second-order valence-corrected chi connectivity index (χ2v) is 3.57. The summed E-state index contributed by atoms with van der Waals surface area (Å²) in [5.74, 6) is 1.12. The van der Waals surface area contributed by atoms with E-state index in [-0.39, 0.29) is 5.60 Å². The van der Waals surface area contributed by atoms with Gasteiger partial charge in [-0.15, -0.1) is 0 Å². The summed E-state index contributed by atoms with van der Waals surface area (Å²) in [4.78, 5) is 4.23. The van der Waals surface area contributed by atoms with Crippen LogP contribution in [-0.4, -0.2) is 17.3 Å². The number of ether oxygens (including phenoxy) is 1. The number of aromatic nitrogens is 2. The molecule has 14 heavy (non-hydrogen) atoms. The topological polar surface area (TPSA) is 48.2 Å². The Labute approximate surface area is 83.0 Å². The third-order valence-electron chi connectivity index (χ3n) is 2.83. The van der Waals surface area contributed by atoms with E-state index in [1.807, 2.05) is 0 Å². The fourth-order valence-electron chi connectivity index (χ4n) is 1.97. The highest BCUT2D eigenvalue weighted by Crippen LogP contribution is 2.40. The van der Waals surface area contributed by atoms with Crippen molar-refractivity contribution in [3.63, 3.8) is 0 Å². The van der Waals surface area contributed by atoms with Gasteiger partial charge in [0.15, 0.2) is 0 Å². The van der Waals surface area contributed by atoms with Gasteiger partial charge in [0, 0.05) is 7.11 Å². The average molecular weight is 194 g/mol. The molecule has 0 bridgehead atoms. The fourth-order valence-corrected chi connectivity index (χ4v) is 1.97. The van der Waals surface area contributed by atoms with Crippen LogP contribution in [0.5, 0.6) is 0 Å². The molecule has 1 aliphatic carbocycles. The molecule has 0 unspecified atom stereocenters. The van der Waals surface area contributed by atoms with Gasteiger partial charge < -0.3 is 9.26 Å². The van der Waals surface area contributed by atoms with Crippen LogP contribution in [0.3, 0.4) is 0 Å². The molecule has 0 aromatic carbocycles. The van der Waals surface area contributed by atoms with Gasteiger partial charge in [-0.25, -0.2) is 0 Å². The summed E-state index contributed by atoms with van der Waals surface area (Å²) in [6.07, 6.45) is 5.81. The summed E-state index contributed by atoms with van der Waals surface area (Å²) < 4.78 is 10.5. The van der Waals surface area contributed by atoms with Crippen LogP contribution in [0.1, 0.15) is 37.4 Å². The van der Waals surface area contributed by atoms with Crippen molar-refractivity contribution >= 4 is 6.08 Å².